The van der Waals surface area contributed by atoms with E-state index in [1.807, 2.05) is 18.5 Å². The van der Waals surface area contributed by atoms with Gasteiger partial charge in [0.2, 0.25) is 0 Å². The van der Waals surface area contributed by atoms with E-state index in [2.05, 4.69) is 25.1 Å². The molecule has 25 heavy (non-hydrogen) atoms. The fourth-order valence-electron chi connectivity index (χ4n) is 2.45. The Balaban J connectivity index is 1.43. The quantitative estimate of drug-likeness (QED) is 0.484. The number of benzene rings is 1. The molecule has 0 saturated heterocycles. The number of rotatable bonds is 6. The van der Waals surface area contributed by atoms with E-state index in [0.29, 0.717) is 11.6 Å². The second-order valence-corrected chi connectivity index (χ2v) is 7.55. The lowest BCUT2D eigenvalue weighted by Gasteiger charge is -2.02. The third-order valence-corrected chi connectivity index (χ3v) is 5.87. The van der Waals surface area contributed by atoms with Crippen LogP contribution in [0, 0.1) is 0 Å². The number of nitrogens with zero attached hydrogens (tertiary/aromatic N) is 4. The number of hydrogen-bond donors (Lipinski definition) is 0. The lowest BCUT2D eigenvalue weighted by atomic mass is 10.1. The molecule has 1 aliphatic rings. The summed E-state index contributed by atoms with van der Waals surface area (Å²) >= 11 is 3.26. The minimum absolute atomic E-state index is 0.331. The standard InChI is InChI=1S/C17H16N4O2S2/c1-23-16(22)12-4-2-11(3-5-12)15-19-13(8-24-15)9-25-17-20-18-10-21(17)14-6-7-14/h2-5,8,10,14H,6-7,9H2,1H3. The van der Waals surface area contributed by atoms with E-state index in [1.54, 1.807) is 35.2 Å². The van der Waals surface area contributed by atoms with E-state index < -0.39 is 0 Å². The van der Waals surface area contributed by atoms with Crippen LogP contribution in [-0.2, 0) is 10.5 Å². The molecule has 2 aromatic heterocycles. The first kappa shape index (κ1) is 16.3. The summed E-state index contributed by atoms with van der Waals surface area (Å²) in [7, 11) is 1.38. The average molecular weight is 372 g/mol. The van der Waals surface area contributed by atoms with Gasteiger partial charge in [-0.2, -0.15) is 0 Å². The minimum atomic E-state index is -0.331. The largest absolute Gasteiger partial charge is 0.465 e. The van der Waals surface area contributed by atoms with Crippen molar-refractivity contribution in [2.45, 2.75) is 29.8 Å². The van der Waals surface area contributed by atoms with Crippen LogP contribution in [0.15, 0.2) is 41.1 Å². The molecular weight excluding hydrogens is 356 g/mol. The van der Waals surface area contributed by atoms with Gasteiger partial charge in [0.1, 0.15) is 11.3 Å². The normalized spacial score (nSPS) is 13.8. The number of carbonyl (C=O) groups excluding carboxylic acids is 1. The van der Waals surface area contributed by atoms with Crippen LogP contribution in [0.4, 0.5) is 0 Å². The summed E-state index contributed by atoms with van der Waals surface area (Å²) in [6.45, 7) is 0. The van der Waals surface area contributed by atoms with Crippen molar-refractivity contribution in [2.24, 2.45) is 0 Å². The number of hydrogen-bond acceptors (Lipinski definition) is 7. The zero-order valence-electron chi connectivity index (χ0n) is 13.6. The van der Waals surface area contributed by atoms with E-state index in [9.17, 15) is 4.79 Å². The van der Waals surface area contributed by atoms with E-state index in [0.717, 1.165) is 27.2 Å². The minimum Gasteiger partial charge on any atom is -0.465 e. The van der Waals surface area contributed by atoms with Crippen molar-refractivity contribution in [1.29, 1.82) is 0 Å². The zero-order valence-corrected chi connectivity index (χ0v) is 15.2. The summed E-state index contributed by atoms with van der Waals surface area (Å²) in [5.74, 6) is 0.435. The van der Waals surface area contributed by atoms with Crippen molar-refractivity contribution in [3.8, 4) is 10.6 Å². The van der Waals surface area contributed by atoms with Gasteiger partial charge >= 0.3 is 5.97 Å². The molecule has 0 amide bonds. The number of ether oxygens (including phenoxy) is 1. The van der Waals surface area contributed by atoms with Crippen molar-refractivity contribution in [2.75, 3.05) is 7.11 Å². The fourth-order valence-corrected chi connectivity index (χ4v) is 4.26. The Bertz CT molecular complexity index is 884. The van der Waals surface area contributed by atoms with Crippen LogP contribution >= 0.6 is 23.1 Å². The summed E-state index contributed by atoms with van der Waals surface area (Å²) in [4.78, 5) is 16.2. The maximum Gasteiger partial charge on any atom is 0.337 e. The molecule has 128 valence electrons. The molecule has 0 aliphatic heterocycles. The van der Waals surface area contributed by atoms with Gasteiger partial charge in [-0.05, 0) is 25.0 Å². The van der Waals surface area contributed by atoms with E-state index in [1.165, 1.54) is 20.0 Å². The Morgan fingerprint density at radius 3 is 2.88 bits per heavy atom. The molecule has 4 rings (SSSR count). The Hall–Kier alpha value is -2.19. The van der Waals surface area contributed by atoms with Crippen LogP contribution in [0.5, 0.6) is 0 Å². The number of aromatic nitrogens is 4. The second kappa shape index (κ2) is 6.97. The molecule has 0 unspecified atom stereocenters. The molecule has 1 aromatic carbocycles. The summed E-state index contributed by atoms with van der Waals surface area (Å²) in [5.41, 5.74) is 2.56. The molecule has 8 heteroatoms. The highest BCUT2D eigenvalue weighted by Gasteiger charge is 2.26. The molecule has 0 radical (unpaired) electrons. The van der Waals surface area contributed by atoms with Crippen LogP contribution < -0.4 is 0 Å². The first-order chi connectivity index (χ1) is 12.2. The Morgan fingerprint density at radius 1 is 1.36 bits per heavy atom. The monoisotopic (exact) mass is 372 g/mol. The number of esters is 1. The van der Waals surface area contributed by atoms with Crippen molar-refractivity contribution in [3.63, 3.8) is 0 Å². The molecule has 2 heterocycles. The lowest BCUT2D eigenvalue weighted by Crippen LogP contribution is -2.00. The maximum absolute atomic E-state index is 11.5. The van der Waals surface area contributed by atoms with Crippen molar-refractivity contribution >= 4 is 29.1 Å². The first-order valence-corrected chi connectivity index (χ1v) is 9.76. The van der Waals surface area contributed by atoms with E-state index >= 15 is 0 Å². The number of thiazole rings is 1. The molecule has 0 N–H and O–H groups in total. The SMILES string of the molecule is COC(=O)c1ccc(-c2nc(CSc3nncn3C3CC3)cs2)cc1. The predicted octanol–water partition coefficient (Wildman–Crippen LogP) is 3.82. The third kappa shape index (κ3) is 3.59. The Morgan fingerprint density at radius 2 is 2.16 bits per heavy atom. The van der Waals surface area contributed by atoms with Crippen LogP contribution in [0.1, 0.15) is 34.9 Å². The fraction of sp³-hybridized carbons (Fsp3) is 0.294. The maximum atomic E-state index is 11.5. The second-order valence-electron chi connectivity index (χ2n) is 5.75. The summed E-state index contributed by atoms with van der Waals surface area (Å²) in [6.07, 6.45) is 4.25. The van der Waals surface area contributed by atoms with Crippen LogP contribution in [0.25, 0.3) is 10.6 Å². The number of thioether (sulfide) groups is 1. The van der Waals surface area contributed by atoms with E-state index in [4.69, 9.17) is 4.74 Å². The number of carbonyl (C=O) groups is 1. The molecule has 0 spiro atoms. The summed E-state index contributed by atoms with van der Waals surface area (Å²) in [5, 5.41) is 12.2. The molecule has 1 aliphatic carbocycles. The Labute approximate surface area is 153 Å². The zero-order chi connectivity index (χ0) is 17.2. The molecule has 0 atom stereocenters. The van der Waals surface area contributed by atoms with Crippen molar-refractivity contribution < 1.29 is 9.53 Å². The van der Waals surface area contributed by atoms with Crippen molar-refractivity contribution in [1.82, 2.24) is 19.7 Å². The van der Waals surface area contributed by atoms with Gasteiger partial charge in [0.25, 0.3) is 0 Å². The number of methoxy groups -OCH3 is 1. The van der Waals surface area contributed by atoms with Crippen LogP contribution in [0.3, 0.4) is 0 Å². The lowest BCUT2D eigenvalue weighted by molar-refractivity contribution is 0.0601. The third-order valence-electron chi connectivity index (χ3n) is 3.93. The van der Waals surface area contributed by atoms with Crippen LogP contribution in [-0.4, -0.2) is 32.8 Å². The molecular formula is C17H16N4O2S2. The topological polar surface area (TPSA) is 69.9 Å². The highest BCUT2D eigenvalue weighted by molar-refractivity contribution is 7.98. The van der Waals surface area contributed by atoms with Gasteiger partial charge in [0.15, 0.2) is 5.16 Å². The molecule has 0 bridgehead atoms. The highest BCUT2D eigenvalue weighted by atomic mass is 32.2. The Kier molecular flexibility index (Phi) is 4.54. The molecule has 1 fully saturated rings. The molecule has 6 nitrogen and oxygen atoms in total. The van der Waals surface area contributed by atoms with E-state index in [-0.39, 0.29) is 5.97 Å². The predicted molar refractivity (Wildman–Crippen MR) is 96.7 cm³/mol. The van der Waals surface area contributed by atoms with Gasteiger partial charge in [-0.25, -0.2) is 9.78 Å². The average Bonchev–Trinajstić information content (AvgIpc) is 3.20. The van der Waals surface area contributed by atoms with Gasteiger partial charge in [0.05, 0.1) is 18.4 Å². The van der Waals surface area contributed by atoms with Gasteiger partial charge < -0.3 is 9.30 Å². The summed E-state index contributed by atoms with van der Waals surface area (Å²) < 4.78 is 6.87. The van der Waals surface area contributed by atoms with Crippen LogP contribution in [0.2, 0.25) is 0 Å². The molecule has 3 aromatic rings. The first-order valence-electron chi connectivity index (χ1n) is 7.90. The smallest absolute Gasteiger partial charge is 0.337 e. The van der Waals surface area contributed by atoms with Crippen molar-refractivity contribution in [3.05, 3.63) is 47.2 Å². The summed E-state index contributed by atoms with van der Waals surface area (Å²) in [6, 6.07) is 7.89. The van der Waals surface area contributed by atoms with Gasteiger partial charge in [-0.1, -0.05) is 23.9 Å². The van der Waals surface area contributed by atoms with Gasteiger partial charge in [-0.15, -0.1) is 21.5 Å². The van der Waals surface area contributed by atoms with Gasteiger partial charge in [0, 0.05) is 22.7 Å². The van der Waals surface area contributed by atoms with Gasteiger partial charge in [-0.3, -0.25) is 0 Å². The molecule has 1 saturated carbocycles. The highest BCUT2D eigenvalue weighted by Crippen LogP contribution is 2.38.